The zero-order valence-electron chi connectivity index (χ0n) is 17.3. The van der Waals surface area contributed by atoms with E-state index < -0.39 is 20.8 Å². The zero-order chi connectivity index (χ0) is 20.6. The molecule has 0 fully saturated rings. The van der Waals surface area contributed by atoms with Crippen LogP contribution in [0.25, 0.3) is 0 Å². The van der Waals surface area contributed by atoms with Crippen LogP contribution in [0.5, 0.6) is 0 Å². The molecule has 1 atom stereocenters. The monoisotopic (exact) mass is 404 g/mol. The minimum Gasteiger partial charge on any atom is -0.480 e. The molecule has 27 heavy (non-hydrogen) atoms. The Balaban J connectivity index is 3.91. The van der Waals surface area contributed by atoms with Gasteiger partial charge in [0.05, 0.1) is 0 Å². The predicted octanol–water partition coefficient (Wildman–Crippen LogP) is 6.15. The van der Waals surface area contributed by atoms with Gasteiger partial charge in [-0.15, -0.1) is 0 Å². The van der Waals surface area contributed by atoms with Crippen LogP contribution in [0.1, 0.15) is 110 Å². The summed E-state index contributed by atoms with van der Waals surface area (Å²) in [6, 6.07) is 0. The Morgan fingerprint density at radius 1 is 0.778 bits per heavy atom. The third-order valence-corrected chi connectivity index (χ3v) is 6.70. The fraction of sp³-hybridized carbons (Fsp3) is 0.857. The van der Waals surface area contributed by atoms with Crippen LogP contribution >= 0.6 is 0 Å². The molecule has 0 aromatic heterocycles. The van der Waals surface area contributed by atoms with Crippen LogP contribution in [-0.2, 0) is 14.9 Å². The molecule has 0 amide bonds. The molecule has 0 aliphatic heterocycles. The van der Waals surface area contributed by atoms with Crippen molar-refractivity contribution in [2.75, 3.05) is 0 Å². The van der Waals surface area contributed by atoms with Crippen LogP contribution in [0.2, 0.25) is 0 Å². The molecule has 0 rings (SSSR count). The van der Waals surface area contributed by atoms with E-state index in [-0.39, 0.29) is 12.8 Å². The Hall–Kier alpha value is -0.880. The number of rotatable bonds is 18. The second kappa shape index (κ2) is 15.1. The van der Waals surface area contributed by atoms with Gasteiger partial charge in [-0.05, 0) is 38.5 Å². The summed E-state index contributed by atoms with van der Waals surface area (Å²) in [7, 11) is -4.62. The topological polar surface area (TPSA) is 91.7 Å². The summed E-state index contributed by atoms with van der Waals surface area (Å²) in [5, 5.41) is 9.35. The highest BCUT2D eigenvalue weighted by molar-refractivity contribution is 7.88. The van der Waals surface area contributed by atoms with Crippen LogP contribution in [0.4, 0.5) is 0 Å². The van der Waals surface area contributed by atoms with Crippen molar-refractivity contribution in [1.82, 2.24) is 0 Å². The van der Waals surface area contributed by atoms with E-state index in [0.717, 1.165) is 32.1 Å². The first-order valence-corrected chi connectivity index (χ1v) is 12.1. The maximum absolute atomic E-state index is 11.6. The Morgan fingerprint density at radius 3 is 1.70 bits per heavy atom. The molecule has 0 bridgehead atoms. The highest BCUT2D eigenvalue weighted by Gasteiger charge is 2.49. The first kappa shape index (κ1) is 26.1. The third-order valence-electron chi connectivity index (χ3n) is 5.13. The SMILES string of the molecule is CCCCCCCC/C=C\CCCCCCC(CCC)(C(=O)O)S(=O)(=O)O. The van der Waals surface area contributed by atoms with E-state index in [2.05, 4.69) is 19.1 Å². The summed E-state index contributed by atoms with van der Waals surface area (Å²) in [6.07, 6.45) is 18.0. The minimum absolute atomic E-state index is 0.0249. The predicted molar refractivity (Wildman–Crippen MR) is 112 cm³/mol. The van der Waals surface area contributed by atoms with Crippen molar-refractivity contribution < 1.29 is 22.9 Å². The van der Waals surface area contributed by atoms with Crippen molar-refractivity contribution in [3.63, 3.8) is 0 Å². The molecular formula is C21H40O5S. The lowest BCUT2D eigenvalue weighted by atomic mass is 9.95. The summed E-state index contributed by atoms with van der Waals surface area (Å²) >= 11 is 0. The number of aliphatic carboxylic acids is 1. The molecular weight excluding hydrogens is 364 g/mol. The largest absolute Gasteiger partial charge is 0.480 e. The lowest BCUT2D eigenvalue weighted by Crippen LogP contribution is -2.46. The van der Waals surface area contributed by atoms with Gasteiger partial charge in [-0.25, -0.2) is 0 Å². The Kier molecular flexibility index (Phi) is 14.6. The number of carbonyl (C=O) groups is 1. The average Bonchev–Trinajstić information content (AvgIpc) is 2.59. The normalized spacial score (nSPS) is 14.5. The molecule has 2 N–H and O–H groups in total. The molecule has 0 radical (unpaired) electrons. The molecule has 0 aliphatic rings. The molecule has 5 nitrogen and oxygen atoms in total. The molecule has 0 spiro atoms. The number of unbranched alkanes of at least 4 members (excludes halogenated alkanes) is 10. The van der Waals surface area contributed by atoms with Crippen molar-refractivity contribution in [2.24, 2.45) is 0 Å². The summed E-state index contributed by atoms with van der Waals surface area (Å²) < 4.78 is 30.6. The van der Waals surface area contributed by atoms with Crippen molar-refractivity contribution in [3.8, 4) is 0 Å². The number of hydrogen-bond acceptors (Lipinski definition) is 3. The Morgan fingerprint density at radius 2 is 1.26 bits per heavy atom. The molecule has 0 saturated carbocycles. The molecule has 1 unspecified atom stereocenters. The molecule has 0 aliphatic carbocycles. The van der Waals surface area contributed by atoms with Crippen molar-refractivity contribution in [3.05, 3.63) is 12.2 Å². The maximum atomic E-state index is 11.6. The Labute approximate surface area is 166 Å². The van der Waals surface area contributed by atoms with Crippen molar-refractivity contribution >= 4 is 16.1 Å². The summed E-state index contributed by atoms with van der Waals surface area (Å²) in [5.74, 6) is -1.44. The van der Waals surface area contributed by atoms with Gasteiger partial charge in [-0.2, -0.15) is 8.42 Å². The number of hydrogen-bond donors (Lipinski definition) is 2. The van der Waals surface area contributed by atoms with E-state index in [0.29, 0.717) is 12.8 Å². The second-order valence-corrected chi connectivity index (χ2v) is 9.24. The van der Waals surface area contributed by atoms with Gasteiger partial charge in [0.25, 0.3) is 10.1 Å². The Bertz CT molecular complexity index is 513. The number of carboxylic acids is 1. The van der Waals surface area contributed by atoms with Crippen LogP contribution in [0, 0.1) is 0 Å². The van der Waals surface area contributed by atoms with Gasteiger partial charge in [0, 0.05) is 0 Å². The van der Waals surface area contributed by atoms with E-state index in [4.69, 9.17) is 0 Å². The van der Waals surface area contributed by atoms with E-state index in [1.165, 1.54) is 38.5 Å². The van der Waals surface area contributed by atoms with Gasteiger partial charge in [-0.1, -0.05) is 83.8 Å². The van der Waals surface area contributed by atoms with Crippen LogP contribution < -0.4 is 0 Å². The van der Waals surface area contributed by atoms with E-state index in [9.17, 15) is 22.9 Å². The molecule has 160 valence electrons. The standard InChI is InChI=1S/C21H40O5S/c1-3-5-6-7-8-9-10-11-12-13-14-15-16-17-19-21(18-4-2,20(22)23)27(24,25)26/h11-12H,3-10,13-19H2,1-2H3,(H,22,23)(H,24,25,26)/b12-11-. The summed E-state index contributed by atoms with van der Waals surface area (Å²) in [4.78, 5) is 11.5. The lowest BCUT2D eigenvalue weighted by Gasteiger charge is -2.25. The van der Waals surface area contributed by atoms with Crippen LogP contribution in [0.3, 0.4) is 0 Å². The molecule has 0 heterocycles. The smallest absolute Gasteiger partial charge is 0.327 e. The van der Waals surface area contributed by atoms with Gasteiger partial charge >= 0.3 is 5.97 Å². The van der Waals surface area contributed by atoms with Crippen LogP contribution in [-0.4, -0.2) is 28.8 Å². The van der Waals surface area contributed by atoms with E-state index >= 15 is 0 Å². The first-order chi connectivity index (χ1) is 12.8. The molecule has 0 saturated heterocycles. The second-order valence-electron chi connectivity index (χ2n) is 7.51. The quantitative estimate of drug-likeness (QED) is 0.162. The van der Waals surface area contributed by atoms with Gasteiger partial charge < -0.3 is 5.11 Å². The fourth-order valence-corrected chi connectivity index (χ4v) is 4.50. The number of carboxylic acid groups (broad SMARTS) is 1. The summed E-state index contributed by atoms with van der Waals surface area (Å²) in [5.41, 5.74) is 0. The zero-order valence-corrected chi connectivity index (χ0v) is 18.1. The third kappa shape index (κ3) is 10.9. The summed E-state index contributed by atoms with van der Waals surface area (Å²) in [6.45, 7) is 3.95. The van der Waals surface area contributed by atoms with Gasteiger partial charge in [0.15, 0.2) is 4.75 Å². The first-order valence-electron chi connectivity index (χ1n) is 10.7. The maximum Gasteiger partial charge on any atom is 0.327 e. The van der Waals surface area contributed by atoms with Gasteiger partial charge in [-0.3, -0.25) is 9.35 Å². The van der Waals surface area contributed by atoms with Crippen molar-refractivity contribution in [2.45, 2.75) is 115 Å². The lowest BCUT2D eigenvalue weighted by molar-refractivity contribution is -0.140. The van der Waals surface area contributed by atoms with Crippen LogP contribution in [0.15, 0.2) is 12.2 Å². The highest BCUT2D eigenvalue weighted by Crippen LogP contribution is 2.30. The highest BCUT2D eigenvalue weighted by atomic mass is 32.2. The molecule has 0 aromatic carbocycles. The minimum atomic E-state index is -4.62. The van der Waals surface area contributed by atoms with E-state index in [1.807, 2.05) is 0 Å². The van der Waals surface area contributed by atoms with Gasteiger partial charge in [0.1, 0.15) is 0 Å². The van der Waals surface area contributed by atoms with E-state index in [1.54, 1.807) is 6.92 Å². The fourth-order valence-electron chi connectivity index (χ4n) is 3.42. The van der Waals surface area contributed by atoms with Crippen molar-refractivity contribution in [1.29, 1.82) is 0 Å². The number of allylic oxidation sites excluding steroid dienone is 2. The van der Waals surface area contributed by atoms with Gasteiger partial charge in [0.2, 0.25) is 0 Å². The molecule has 6 heteroatoms. The average molecular weight is 405 g/mol. The molecule has 0 aromatic rings.